The summed E-state index contributed by atoms with van der Waals surface area (Å²) in [5, 5.41) is 8.81. The van der Waals surface area contributed by atoms with Gasteiger partial charge in [-0.1, -0.05) is 0 Å². The summed E-state index contributed by atoms with van der Waals surface area (Å²) in [6, 6.07) is 5.64. The van der Waals surface area contributed by atoms with Crippen LogP contribution in [0.1, 0.15) is 34.6 Å². The molecule has 6 nitrogen and oxygen atoms in total. The van der Waals surface area contributed by atoms with Crippen molar-refractivity contribution < 1.29 is 19.5 Å². The fraction of sp³-hybridized carbons (Fsp3) is 0.400. The molecule has 0 fully saturated rings. The summed E-state index contributed by atoms with van der Waals surface area (Å²) in [6.45, 7) is 4.97. The number of nitrogens with zero attached hydrogens (tertiary/aromatic N) is 2. The van der Waals surface area contributed by atoms with Crippen molar-refractivity contribution in [3.8, 4) is 0 Å². The Morgan fingerprint density at radius 3 is 1.90 bits per heavy atom. The van der Waals surface area contributed by atoms with Crippen molar-refractivity contribution in [3.05, 3.63) is 35.4 Å². The van der Waals surface area contributed by atoms with E-state index < -0.39 is 5.97 Å². The first kappa shape index (κ1) is 16.7. The minimum Gasteiger partial charge on any atom is -0.478 e. The highest BCUT2D eigenvalue weighted by molar-refractivity contribution is 5.97. The predicted molar refractivity (Wildman–Crippen MR) is 78.3 cm³/mol. The first-order valence-corrected chi connectivity index (χ1v) is 6.77. The zero-order valence-electron chi connectivity index (χ0n) is 12.5. The molecule has 0 radical (unpaired) electrons. The molecule has 0 saturated heterocycles. The van der Waals surface area contributed by atoms with Gasteiger partial charge in [-0.2, -0.15) is 0 Å². The van der Waals surface area contributed by atoms with Crippen molar-refractivity contribution >= 4 is 17.8 Å². The van der Waals surface area contributed by atoms with E-state index in [2.05, 4.69) is 0 Å². The highest BCUT2D eigenvalue weighted by Crippen LogP contribution is 2.07. The fourth-order valence-corrected chi connectivity index (χ4v) is 1.93. The van der Waals surface area contributed by atoms with Gasteiger partial charge in [0, 0.05) is 25.7 Å². The Hall–Kier alpha value is -2.37. The van der Waals surface area contributed by atoms with Crippen molar-refractivity contribution in [2.24, 2.45) is 0 Å². The average Bonchev–Trinajstić information content (AvgIpc) is 2.47. The van der Waals surface area contributed by atoms with E-state index in [0.717, 1.165) is 0 Å². The van der Waals surface area contributed by atoms with Gasteiger partial charge >= 0.3 is 5.97 Å². The van der Waals surface area contributed by atoms with Gasteiger partial charge in [-0.05, 0) is 38.1 Å². The summed E-state index contributed by atoms with van der Waals surface area (Å²) in [6.07, 6.45) is 0. The molecule has 0 unspecified atom stereocenters. The van der Waals surface area contributed by atoms with E-state index in [9.17, 15) is 14.4 Å². The largest absolute Gasteiger partial charge is 0.478 e. The molecule has 0 aliphatic heterocycles. The van der Waals surface area contributed by atoms with Crippen LogP contribution in [0.3, 0.4) is 0 Å². The van der Waals surface area contributed by atoms with Gasteiger partial charge in [-0.3, -0.25) is 9.59 Å². The van der Waals surface area contributed by atoms with Crippen molar-refractivity contribution in [1.29, 1.82) is 0 Å². The molecule has 114 valence electrons. The summed E-state index contributed by atoms with van der Waals surface area (Å²) >= 11 is 0. The number of hydrogen-bond donors (Lipinski definition) is 1. The minimum atomic E-state index is -1.04. The number of carboxylic acids is 1. The van der Waals surface area contributed by atoms with Crippen LogP contribution < -0.4 is 0 Å². The van der Waals surface area contributed by atoms with Crippen LogP contribution in [0.2, 0.25) is 0 Å². The Bertz CT molecular complexity index is 521. The van der Waals surface area contributed by atoms with Crippen LogP contribution in [-0.2, 0) is 4.79 Å². The molecule has 0 bridgehead atoms. The number of rotatable bonds is 6. The van der Waals surface area contributed by atoms with Gasteiger partial charge in [-0.15, -0.1) is 0 Å². The molecule has 0 aliphatic carbocycles. The zero-order valence-corrected chi connectivity index (χ0v) is 12.5. The predicted octanol–water partition coefficient (Wildman–Crippen LogP) is 1.33. The molecule has 1 N–H and O–H groups in total. The first-order chi connectivity index (χ1) is 9.90. The van der Waals surface area contributed by atoms with E-state index >= 15 is 0 Å². The van der Waals surface area contributed by atoms with E-state index in [1.54, 1.807) is 11.9 Å². The molecular formula is C15H20N2O4. The van der Waals surface area contributed by atoms with Crippen LogP contribution in [0.15, 0.2) is 24.3 Å². The average molecular weight is 292 g/mol. The fourth-order valence-electron chi connectivity index (χ4n) is 1.93. The maximum Gasteiger partial charge on any atom is 0.335 e. The van der Waals surface area contributed by atoms with Gasteiger partial charge in [0.15, 0.2) is 0 Å². The SMILES string of the molecule is CCN(CC)C(=O)CN(C)C(=O)c1ccc(C(=O)O)cc1. The van der Waals surface area contributed by atoms with E-state index in [1.165, 1.54) is 29.2 Å². The summed E-state index contributed by atoms with van der Waals surface area (Å²) in [4.78, 5) is 37.9. The van der Waals surface area contributed by atoms with Crippen LogP contribution in [0.4, 0.5) is 0 Å². The van der Waals surface area contributed by atoms with Gasteiger partial charge in [-0.25, -0.2) is 4.79 Å². The molecule has 0 aromatic heterocycles. The highest BCUT2D eigenvalue weighted by Gasteiger charge is 2.18. The number of amides is 2. The number of hydrogen-bond acceptors (Lipinski definition) is 3. The van der Waals surface area contributed by atoms with Crippen molar-refractivity contribution in [2.75, 3.05) is 26.7 Å². The molecule has 0 heterocycles. The van der Waals surface area contributed by atoms with Crippen LogP contribution >= 0.6 is 0 Å². The van der Waals surface area contributed by atoms with E-state index in [4.69, 9.17) is 5.11 Å². The van der Waals surface area contributed by atoms with Crippen LogP contribution in [-0.4, -0.2) is 59.4 Å². The molecule has 21 heavy (non-hydrogen) atoms. The highest BCUT2D eigenvalue weighted by atomic mass is 16.4. The molecule has 0 aliphatic rings. The lowest BCUT2D eigenvalue weighted by atomic mass is 10.1. The van der Waals surface area contributed by atoms with E-state index in [0.29, 0.717) is 18.7 Å². The van der Waals surface area contributed by atoms with Crippen molar-refractivity contribution in [1.82, 2.24) is 9.80 Å². The smallest absolute Gasteiger partial charge is 0.335 e. The molecule has 1 aromatic rings. The van der Waals surface area contributed by atoms with Gasteiger partial charge in [0.1, 0.15) is 0 Å². The monoisotopic (exact) mass is 292 g/mol. The van der Waals surface area contributed by atoms with E-state index in [-0.39, 0.29) is 23.9 Å². The molecular weight excluding hydrogens is 272 g/mol. The van der Waals surface area contributed by atoms with Crippen LogP contribution in [0, 0.1) is 0 Å². The lowest BCUT2D eigenvalue weighted by Gasteiger charge is -2.23. The maximum absolute atomic E-state index is 12.2. The molecule has 1 aromatic carbocycles. The molecule has 1 rings (SSSR count). The molecule has 2 amide bonds. The third-order valence-corrected chi connectivity index (χ3v) is 3.21. The van der Waals surface area contributed by atoms with Crippen molar-refractivity contribution in [3.63, 3.8) is 0 Å². The lowest BCUT2D eigenvalue weighted by molar-refractivity contribution is -0.131. The number of benzene rings is 1. The number of carboxylic acid groups (broad SMARTS) is 1. The molecule has 6 heteroatoms. The quantitative estimate of drug-likeness (QED) is 0.858. The number of likely N-dealkylation sites (N-methyl/N-ethyl adjacent to an activating group) is 2. The maximum atomic E-state index is 12.2. The number of aromatic carboxylic acids is 1. The standard InChI is InChI=1S/C15H20N2O4/c1-4-17(5-2)13(18)10-16(3)14(19)11-6-8-12(9-7-11)15(20)21/h6-9H,4-5,10H2,1-3H3,(H,20,21). The number of carbonyl (C=O) groups excluding carboxylic acids is 2. The number of carbonyl (C=O) groups is 3. The third-order valence-electron chi connectivity index (χ3n) is 3.21. The second kappa shape index (κ2) is 7.42. The summed E-state index contributed by atoms with van der Waals surface area (Å²) < 4.78 is 0. The first-order valence-electron chi connectivity index (χ1n) is 6.77. The Kier molecular flexibility index (Phi) is 5.90. The minimum absolute atomic E-state index is 0.00119. The second-order valence-corrected chi connectivity index (χ2v) is 4.61. The summed E-state index contributed by atoms with van der Waals surface area (Å²) in [7, 11) is 1.55. The Morgan fingerprint density at radius 2 is 1.48 bits per heavy atom. The topological polar surface area (TPSA) is 77.9 Å². The van der Waals surface area contributed by atoms with Gasteiger partial charge < -0.3 is 14.9 Å². The van der Waals surface area contributed by atoms with Gasteiger partial charge in [0.25, 0.3) is 5.91 Å². The van der Waals surface area contributed by atoms with Crippen LogP contribution in [0.25, 0.3) is 0 Å². The lowest BCUT2D eigenvalue weighted by Crippen LogP contribution is -2.41. The Labute approximate surface area is 124 Å². The molecule has 0 saturated carbocycles. The Morgan fingerprint density at radius 1 is 1.00 bits per heavy atom. The van der Waals surface area contributed by atoms with E-state index in [1.807, 2.05) is 13.8 Å². The Balaban J connectivity index is 2.74. The van der Waals surface area contributed by atoms with Gasteiger partial charge in [0.2, 0.25) is 5.91 Å². The molecule has 0 spiro atoms. The van der Waals surface area contributed by atoms with Crippen molar-refractivity contribution in [2.45, 2.75) is 13.8 Å². The summed E-state index contributed by atoms with van der Waals surface area (Å²) in [5.74, 6) is -1.47. The molecule has 0 atom stereocenters. The third kappa shape index (κ3) is 4.30. The zero-order chi connectivity index (χ0) is 16.0. The van der Waals surface area contributed by atoms with Crippen LogP contribution in [0.5, 0.6) is 0 Å². The normalized spacial score (nSPS) is 10.0. The summed E-state index contributed by atoms with van der Waals surface area (Å²) in [5.41, 5.74) is 0.475. The second-order valence-electron chi connectivity index (χ2n) is 4.61. The van der Waals surface area contributed by atoms with Gasteiger partial charge in [0.05, 0.1) is 12.1 Å².